The van der Waals surface area contributed by atoms with E-state index < -0.39 is 0 Å². The van der Waals surface area contributed by atoms with Gasteiger partial charge in [0.25, 0.3) is 5.91 Å². The maximum Gasteiger partial charge on any atom is 0.269 e. The zero-order valence-electron chi connectivity index (χ0n) is 10.8. The summed E-state index contributed by atoms with van der Waals surface area (Å²) in [6, 6.07) is 3.67. The van der Waals surface area contributed by atoms with Crippen LogP contribution in [0.15, 0.2) is 18.3 Å². The Kier molecular flexibility index (Phi) is 4.52. The lowest BCUT2D eigenvalue weighted by molar-refractivity contribution is 0.0958. The summed E-state index contributed by atoms with van der Waals surface area (Å²) >= 11 is 0. The molecule has 2 heterocycles. The third kappa shape index (κ3) is 3.43. The van der Waals surface area contributed by atoms with Crippen molar-refractivity contribution >= 4 is 11.6 Å². The van der Waals surface area contributed by atoms with E-state index in [4.69, 9.17) is 0 Å². The summed E-state index contributed by atoms with van der Waals surface area (Å²) in [5.41, 5.74) is 1.39. The molecule has 1 fully saturated rings. The number of carbonyl (C=O) groups excluding carboxylic acids is 1. The normalized spacial score (nSPS) is 15.6. The van der Waals surface area contributed by atoms with Crippen molar-refractivity contribution in [2.24, 2.45) is 0 Å². The lowest BCUT2D eigenvalue weighted by Crippen LogP contribution is -2.26. The molecular formula is C13H20N4O. The van der Waals surface area contributed by atoms with Crippen molar-refractivity contribution in [1.29, 1.82) is 0 Å². The summed E-state index contributed by atoms with van der Waals surface area (Å²) in [5, 5.41) is 5.90. The highest BCUT2D eigenvalue weighted by molar-refractivity contribution is 5.92. The van der Waals surface area contributed by atoms with E-state index in [9.17, 15) is 4.79 Å². The fourth-order valence-electron chi connectivity index (χ4n) is 2.16. The van der Waals surface area contributed by atoms with Crippen molar-refractivity contribution in [2.45, 2.75) is 12.8 Å². The van der Waals surface area contributed by atoms with Crippen LogP contribution >= 0.6 is 0 Å². The van der Waals surface area contributed by atoms with Gasteiger partial charge < -0.3 is 15.5 Å². The monoisotopic (exact) mass is 248 g/mol. The summed E-state index contributed by atoms with van der Waals surface area (Å²) in [6.07, 6.45) is 4.29. The summed E-state index contributed by atoms with van der Waals surface area (Å²) in [5.74, 6) is -0.154. The molecule has 0 spiro atoms. The lowest BCUT2D eigenvalue weighted by Gasteiger charge is -2.15. The SMILES string of the molecule is CNC(=O)c1cc(NCCN2CCCC2)ccn1. The molecule has 1 aliphatic rings. The highest BCUT2D eigenvalue weighted by atomic mass is 16.1. The highest BCUT2D eigenvalue weighted by Crippen LogP contribution is 2.09. The van der Waals surface area contributed by atoms with E-state index in [1.54, 1.807) is 19.3 Å². The molecule has 0 bridgehead atoms. The molecule has 0 aromatic carbocycles. The second kappa shape index (κ2) is 6.35. The summed E-state index contributed by atoms with van der Waals surface area (Å²) in [4.78, 5) is 17.9. The molecule has 5 heteroatoms. The standard InChI is InChI=1S/C13H20N4O/c1-14-13(18)12-10-11(4-5-16-12)15-6-9-17-7-2-3-8-17/h4-5,10H,2-3,6-9H2,1H3,(H,14,18)(H,15,16). The first kappa shape index (κ1) is 12.8. The number of aromatic nitrogens is 1. The molecule has 1 saturated heterocycles. The third-order valence-electron chi connectivity index (χ3n) is 3.18. The minimum atomic E-state index is -0.154. The molecule has 1 aromatic heterocycles. The summed E-state index contributed by atoms with van der Waals surface area (Å²) in [7, 11) is 1.61. The maximum absolute atomic E-state index is 11.4. The first-order chi connectivity index (χ1) is 8.79. The number of anilines is 1. The fraction of sp³-hybridized carbons (Fsp3) is 0.538. The minimum absolute atomic E-state index is 0.154. The van der Waals surface area contributed by atoms with Crippen LogP contribution in [0.5, 0.6) is 0 Å². The molecule has 2 N–H and O–H groups in total. The van der Waals surface area contributed by atoms with Gasteiger partial charge in [-0.3, -0.25) is 9.78 Å². The Morgan fingerprint density at radius 3 is 2.94 bits per heavy atom. The lowest BCUT2D eigenvalue weighted by atomic mass is 10.3. The van der Waals surface area contributed by atoms with E-state index >= 15 is 0 Å². The fourth-order valence-corrected chi connectivity index (χ4v) is 2.16. The number of nitrogens with zero attached hydrogens (tertiary/aromatic N) is 2. The Morgan fingerprint density at radius 2 is 2.22 bits per heavy atom. The maximum atomic E-state index is 11.4. The van der Waals surface area contributed by atoms with E-state index in [0.29, 0.717) is 5.69 Å². The van der Waals surface area contributed by atoms with Crippen LogP contribution in [0.1, 0.15) is 23.3 Å². The first-order valence-electron chi connectivity index (χ1n) is 6.44. The van der Waals surface area contributed by atoms with Crippen LogP contribution in [0.4, 0.5) is 5.69 Å². The zero-order chi connectivity index (χ0) is 12.8. The Bertz CT molecular complexity index is 402. The van der Waals surface area contributed by atoms with Crippen molar-refractivity contribution in [1.82, 2.24) is 15.2 Å². The van der Waals surface area contributed by atoms with E-state index in [2.05, 4.69) is 20.5 Å². The topological polar surface area (TPSA) is 57.3 Å². The van der Waals surface area contributed by atoms with Gasteiger partial charge in [-0.25, -0.2) is 0 Å². The van der Waals surface area contributed by atoms with Crippen molar-refractivity contribution in [3.63, 3.8) is 0 Å². The van der Waals surface area contributed by atoms with Gasteiger partial charge in [0.05, 0.1) is 0 Å². The molecule has 98 valence electrons. The van der Waals surface area contributed by atoms with Gasteiger partial charge in [-0.05, 0) is 38.1 Å². The molecule has 0 aliphatic carbocycles. The van der Waals surface area contributed by atoms with Crippen LogP contribution in [0.2, 0.25) is 0 Å². The molecule has 1 aromatic rings. The average molecular weight is 248 g/mol. The molecule has 2 rings (SSSR count). The quantitative estimate of drug-likeness (QED) is 0.814. The highest BCUT2D eigenvalue weighted by Gasteiger charge is 2.10. The van der Waals surface area contributed by atoms with Gasteiger partial charge in [-0.1, -0.05) is 0 Å². The van der Waals surface area contributed by atoms with Gasteiger partial charge in [0, 0.05) is 32.0 Å². The Balaban J connectivity index is 1.83. The second-order valence-electron chi connectivity index (χ2n) is 4.48. The molecule has 0 atom stereocenters. The van der Waals surface area contributed by atoms with Crippen molar-refractivity contribution < 1.29 is 4.79 Å². The summed E-state index contributed by atoms with van der Waals surface area (Å²) < 4.78 is 0. The van der Waals surface area contributed by atoms with Gasteiger partial charge >= 0.3 is 0 Å². The molecule has 1 aliphatic heterocycles. The number of nitrogens with one attached hydrogen (secondary N) is 2. The molecular weight excluding hydrogens is 228 g/mol. The molecule has 1 amide bonds. The third-order valence-corrected chi connectivity index (χ3v) is 3.18. The van der Waals surface area contributed by atoms with E-state index in [1.807, 2.05) is 6.07 Å². The Hall–Kier alpha value is -1.62. The Labute approximate surface area is 108 Å². The first-order valence-corrected chi connectivity index (χ1v) is 6.44. The van der Waals surface area contributed by atoms with E-state index in [0.717, 1.165) is 18.8 Å². The number of hydrogen-bond donors (Lipinski definition) is 2. The van der Waals surface area contributed by atoms with Crippen molar-refractivity contribution in [3.05, 3.63) is 24.0 Å². The number of amides is 1. The number of pyridine rings is 1. The van der Waals surface area contributed by atoms with Crippen molar-refractivity contribution in [2.75, 3.05) is 38.5 Å². The van der Waals surface area contributed by atoms with Gasteiger partial charge in [0.2, 0.25) is 0 Å². The zero-order valence-corrected chi connectivity index (χ0v) is 10.8. The van der Waals surface area contributed by atoms with E-state index in [-0.39, 0.29) is 5.91 Å². The van der Waals surface area contributed by atoms with E-state index in [1.165, 1.54) is 25.9 Å². The minimum Gasteiger partial charge on any atom is -0.384 e. The smallest absolute Gasteiger partial charge is 0.269 e. The summed E-state index contributed by atoms with van der Waals surface area (Å²) in [6.45, 7) is 4.37. The average Bonchev–Trinajstić information content (AvgIpc) is 2.91. The van der Waals surface area contributed by atoms with Gasteiger partial charge in [-0.15, -0.1) is 0 Å². The van der Waals surface area contributed by atoms with Crippen LogP contribution in [0.3, 0.4) is 0 Å². The molecule has 0 radical (unpaired) electrons. The van der Waals surface area contributed by atoms with Gasteiger partial charge in [-0.2, -0.15) is 0 Å². The Morgan fingerprint density at radius 1 is 1.44 bits per heavy atom. The number of likely N-dealkylation sites (tertiary alicyclic amines) is 1. The number of carbonyl (C=O) groups is 1. The number of rotatable bonds is 5. The van der Waals surface area contributed by atoms with Crippen molar-refractivity contribution in [3.8, 4) is 0 Å². The predicted octanol–water partition coefficient (Wildman–Crippen LogP) is 0.949. The molecule has 0 unspecified atom stereocenters. The molecule has 5 nitrogen and oxygen atoms in total. The van der Waals surface area contributed by atoms with Crippen LogP contribution in [0.25, 0.3) is 0 Å². The largest absolute Gasteiger partial charge is 0.384 e. The van der Waals surface area contributed by atoms with Gasteiger partial charge in [0.15, 0.2) is 0 Å². The van der Waals surface area contributed by atoms with Crippen LogP contribution in [0, 0.1) is 0 Å². The second-order valence-corrected chi connectivity index (χ2v) is 4.48. The number of hydrogen-bond acceptors (Lipinski definition) is 4. The van der Waals surface area contributed by atoms with Crippen LogP contribution < -0.4 is 10.6 Å². The molecule has 0 saturated carbocycles. The van der Waals surface area contributed by atoms with Gasteiger partial charge in [0.1, 0.15) is 5.69 Å². The predicted molar refractivity (Wildman–Crippen MR) is 71.8 cm³/mol. The molecule has 18 heavy (non-hydrogen) atoms. The van der Waals surface area contributed by atoms with Crippen LogP contribution in [-0.4, -0.2) is 49.0 Å². The van der Waals surface area contributed by atoms with Crippen LogP contribution in [-0.2, 0) is 0 Å².